The maximum absolute atomic E-state index is 5.70. The first-order chi connectivity index (χ1) is 10.3. The molecule has 3 nitrogen and oxygen atoms in total. The fourth-order valence-corrected chi connectivity index (χ4v) is 3.11. The van der Waals surface area contributed by atoms with Crippen molar-refractivity contribution in [2.75, 3.05) is 13.1 Å². The Balaban J connectivity index is 1.73. The molecule has 0 saturated carbocycles. The zero-order chi connectivity index (χ0) is 14.9. The van der Waals surface area contributed by atoms with Crippen LogP contribution in [0.25, 0.3) is 0 Å². The Hall–Kier alpha value is -0.900. The van der Waals surface area contributed by atoms with Gasteiger partial charge in [0.15, 0.2) is 0 Å². The molecule has 1 aromatic carbocycles. The number of benzene rings is 1. The van der Waals surface area contributed by atoms with Gasteiger partial charge in [0.1, 0.15) is 0 Å². The van der Waals surface area contributed by atoms with E-state index in [1.165, 1.54) is 44.2 Å². The van der Waals surface area contributed by atoms with Crippen LogP contribution >= 0.6 is 0 Å². The Morgan fingerprint density at radius 1 is 1.19 bits per heavy atom. The maximum Gasteiger partial charge on any atom is 0.0933 e. The van der Waals surface area contributed by atoms with Gasteiger partial charge in [0, 0.05) is 18.6 Å². The Labute approximate surface area is 129 Å². The summed E-state index contributed by atoms with van der Waals surface area (Å²) in [4.78, 5) is 8.35. The molecule has 21 heavy (non-hydrogen) atoms. The number of rotatable bonds is 8. The molecule has 0 aliphatic carbocycles. The Morgan fingerprint density at radius 3 is 2.71 bits per heavy atom. The Morgan fingerprint density at radius 2 is 2.00 bits per heavy atom. The van der Waals surface area contributed by atoms with Crippen molar-refractivity contribution in [3.05, 3.63) is 35.9 Å². The molecule has 0 spiro atoms. The lowest BCUT2D eigenvalue weighted by Crippen LogP contribution is -2.50. The third-order valence-electron chi connectivity index (χ3n) is 4.42. The van der Waals surface area contributed by atoms with Crippen molar-refractivity contribution in [2.45, 2.75) is 64.6 Å². The topological polar surface area (TPSA) is 24.5 Å². The number of hydrogen-bond acceptors (Lipinski definition) is 3. The van der Waals surface area contributed by atoms with Gasteiger partial charge in [-0.3, -0.25) is 9.74 Å². The average Bonchev–Trinajstić information content (AvgIpc) is 2.54. The van der Waals surface area contributed by atoms with Crippen LogP contribution in [0.2, 0.25) is 0 Å². The van der Waals surface area contributed by atoms with Crippen LogP contribution in [-0.4, -0.2) is 30.1 Å². The molecule has 0 amide bonds. The van der Waals surface area contributed by atoms with Gasteiger partial charge in [-0.05, 0) is 37.8 Å². The minimum atomic E-state index is 0.466. The molecule has 1 heterocycles. The van der Waals surface area contributed by atoms with Gasteiger partial charge in [0.25, 0.3) is 0 Å². The lowest BCUT2D eigenvalue weighted by Gasteiger charge is -2.39. The molecule has 1 saturated heterocycles. The van der Waals surface area contributed by atoms with Gasteiger partial charge in [-0.2, -0.15) is 5.48 Å². The molecular weight excluding hydrogens is 260 g/mol. The zero-order valence-electron chi connectivity index (χ0n) is 13.6. The van der Waals surface area contributed by atoms with Crippen LogP contribution in [0.4, 0.5) is 0 Å². The molecule has 0 radical (unpaired) electrons. The zero-order valence-corrected chi connectivity index (χ0v) is 13.6. The molecule has 1 fully saturated rings. The van der Waals surface area contributed by atoms with Gasteiger partial charge in [0.05, 0.1) is 6.61 Å². The summed E-state index contributed by atoms with van der Waals surface area (Å²) in [5.41, 5.74) is 4.50. The van der Waals surface area contributed by atoms with Crippen LogP contribution in [0.3, 0.4) is 0 Å². The Bertz CT molecular complexity index is 382. The first-order valence-electron chi connectivity index (χ1n) is 8.48. The van der Waals surface area contributed by atoms with E-state index in [2.05, 4.69) is 48.5 Å². The molecule has 1 N–H and O–H groups in total. The summed E-state index contributed by atoms with van der Waals surface area (Å²) in [6.07, 6.45) is 6.34. The number of unbranched alkanes of at least 4 members (excludes halogenated alkanes) is 1. The second kappa shape index (κ2) is 9.19. The summed E-state index contributed by atoms with van der Waals surface area (Å²) in [7, 11) is 0. The van der Waals surface area contributed by atoms with Crippen molar-refractivity contribution in [3.8, 4) is 0 Å². The summed E-state index contributed by atoms with van der Waals surface area (Å²) < 4.78 is 0. The molecule has 2 rings (SSSR count). The highest BCUT2D eigenvalue weighted by molar-refractivity contribution is 5.13. The summed E-state index contributed by atoms with van der Waals surface area (Å²) >= 11 is 0. The van der Waals surface area contributed by atoms with E-state index in [1.807, 2.05) is 6.07 Å². The van der Waals surface area contributed by atoms with Gasteiger partial charge >= 0.3 is 0 Å². The predicted octanol–water partition coefficient (Wildman–Crippen LogP) is 3.75. The fourth-order valence-electron chi connectivity index (χ4n) is 3.11. The van der Waals surface area contributed by atoms with E-state index in [0.717, 1.165) is 12.6 Å². The van der Waals surface area contributed by atoms with E-state index in [4.69, 9.17) is 4.84 Å². The van der Waals surface area contributed by atoms with E-state index in [9.17, 15) is 0 Å². The summed E-state index contributed by atoms with van der Waals surface area (Å²) in [6, 6.07) is 11.6. The highest BCUT2D eigenvalue weighted by atomic mass is 16.6. The number of hydrogen-bond donors (Lipinski definition) is 1. The molecular formula is C18H30N2O. The third kappa shape index (κ3) is 5.42. The first-order valence-corrected chi connectivity index (χ1v) is 8.48. The quantitative estimate of drug-likeness (QED) is 0.738. The van der Waals surface area contributed by atoms with Crippen molar-refractivity contribution in [1.29, 1.82) is 0 Å². The van der Waals surface area contributed by atoms with Crippen LogP contribution < -0.4 is 5.48 Å². The van der Waals surface area contributed by atoms with E-state index in [-0.39, 0.29) is 0 Å². The third-order valence-corrected chi connectivity index (χ3v) is 4.42. The minimum absolute atomic E-state index is 0.466. The van der Waals surface area contributed by atoms with Gasteiger partial charge in [-0.1, -0.05) is 50.6 Å². The number of likely N-dealkylation sites (tertiary alicyclic amines) is 1. The number of nitrogens with zero attached hydrogens (tertiary/aromatic N) is 1. The van der Waals surface area contributed by atoms with Crippen molar-refractivity contribution in [1.82, 2.24) is 10.4 Å². The monoisotopic (exact) mass is 290 g/mol. The molecule has 1 aliphatic heterocycles. The maximum atomic E-state index is 5.70. The first kappa shape index (κ1) is 16.5. The Kier molecular flexibility index (Phi) is 7.20. The van der Waals surface area contributed by atoms with Gasteiger partial charge in [-0.25, -0.2) is 0 Å². The molecule has 2 unspecified atom stereocenters. The smallest absolute Gasteiger partial charge is 0.0933 e. The van der Waals surface area contributed by atoms with Crippen molar-refractivity contribution >= 4 is 0 Å². The molecule has 0 bridgehead atoms. The second-order valence-electron chi connectivity index (χ2n) is 6.08. The van der Waals surface area contributed by atoms with E-state index in [0.29, 0.717) is 12.6 Å². The largest absolute Gasteiger partial charge is 0.299 e. The van der Waals surface area contributed by atoms with Crippen LogP contribution in [0.5, 0.6) is 0 Å². The van der Waals surface area contributed by atoms with Gasteiger partial charge in [0.2, 0.25) is 0 Å². The SMILES string of the molecule is CCCCN1CC(NOCc2ccccc2)CCC1CC. The van der Waals surface area contributed by atoms with E-state index < -0.39 is 0 Å². The van der Waals surface area contributed by atoms with Crippen molar-refractivity contribution < 1.29 is 4.84 Å². The predicted molar refractivity (Wildman–Crippen MR) is 87.9 cm³/mol. The summed E-state index contributed by atoms with van der Waals surface area (Å²) in [5, 5.41) is 0. The van der Waals surface area contributed by atoms with Crippen molar-refractivity contribution in [2.24, 2.45) is 0 Å². The van der Waals surface area contributed by atoms with E-state index in [1.54, 1.807) is 0 Å². The van der Waals surface area contributed by atoms with Crippen LogP contribution in [0.1, 0.15) is 51.5 Å². The highest BCUT2D eigenvalue weighted by Crippen LogP contribution is 2.20. The lowest BCUT2D eigenvalue weighted by atomic mass is 9.96. The summed E-state index contributed by atoms with van der Waals surface area (Å²) in [6.45, 7) is 7.57. The highest BCUT2D eigenvalue weighted by Gasteiger charge is 2.26. The second-order valence-corrected chi connectivity index (χ2v) is 6.08. The number of hydroxylamine groups is 1. The molecule has 2 atom stereocenters. The molecule has 1 aromatic rings. The van der Waals surface area contributed by atoms with Crippen LogP contribution in [0, 0.1) is 0 Å². The number of piperidine rings is 1. The lowest BCUT2D eigenvalue weighted by molar-refractivity contribution is -0.0242. The van der Waals surface area contributed by atoms with Crippen LogP contribution in [-0.2, 0) is 11.4 Å². The van der Waals surface area contributed by atoms with Gasteiger partial charge < -0.3 is 0 Å². The summed E-state index contributed by atoms with van der Waals surface area (Å²) in [5.74, 6) is 0. The average molecular weight is 290 g/mol. The standard InChI is InChI=1S/C18H30N2O/c1-3-5-13-20-14-17(11-12-18(20)4-2)19-21-15-16-9-7-6-8-10-16/h6-10,17-19H,3-5,11-15H2,1-2H3. The van der Waals surface area contributed by atoms with Gasteiger partial charge in [-0.15, -0.1) is 0 Å². The number of nitrogens with one attached hydrogen (secondary N) is 1. The minimum Gasteiger partial charge on any atom is -0.299 e. The molecule has 0 aromatic heterocycles. The van der Waals surface area contributed by atoms with E-state index >= 15 is 0 Å². The molecule has 118 valence electrons. The molecule has 3 heteroatoms. The fraction of sp³-hybridized carbons (Fsp3) is 0.667. The van der Waals surface area contributed by atoms with Crippen LogP contribution in [0.15, 0.2) is 30.3 Å². The molecule has 1 aliphatic rings. The van der Waals surface area contributed by atoms with Crippen molar-refractivity contribution in [3.63, 3.8) is 0 Å². The normalized spacial score (nSPS) is 23.3.